The van der Waals surface area contributed by atoms with Gasteiger partial charge in [0.2, 0.25) is 0 Å². The Morgan fingerprint density at radius 3 is 3.25 bits per heavy atom. The van der Waals surface area contributed by atoms with Crippen LogP contribution in [-0.2, 0) is 4.74 Å². The van der Waals surface area contributed by atoms with Gasteiger partial charge in [-0.25, -0.2) is 9.97 Å². The summed E-state index contributed by atoms with van der Waals surface area (Å²) in [6, 6.07) is 0.448. The normalized spacial score (nSPS) is 25.9. The average Bonchev–Trinajstić information content (AvgIpc) is 3.14. The summed E-state index contributed by atoms with van der Waals surface area (Å²) in [6.45, 7) is 1.67. The Morgan fingerprint density at radius 2 is 2.35 bits per heavy atom. The number of aromatic nitrogens is 3. The number of nitrogens with one attached hydrogen (secondary N) is 1. The van der Waals surface area contributed by atoms with Crippen molar-refractivity contribution in [2.24, 2.45) is 0 Å². The molecular formula is C14H19N5O. The van der Waals surface area contributed by atoms with E-state index in [1.54, 1.807) is 0 Å². The van der Waals surface area contributed by atoms with Crippen LogP contribution in [0.15, 0.2) is 18.6 Å². The van der Waals surface area contributed by atoms with Gasteiger partial charge in [0.15, 0.2) is 11.5 Å². The molecule has 6 nitrogen and oxygen atoms in total. The molecule has 1 saturated heterocycles. The lowest BCUT2D eigenvalue weighted by molar-refractivity contribution is 0.0254. The van der Waals surface area contributed by atoms with Crippen molar-refractivity contribution in [2.45, 2.75) is 31.4 Å². The fourth-order valence-electron chi connectivity index (χ4n) is 3.42. The Bertz CT molecular complexity index is 625. The van der Waals surface area contributed by atoms with Crippen LogP contribution < -0.4 is 10.2 Å². The summed E-state index contributed by atoms with van der Waals surface area (Å²) in [5.74, 6) is 1.84. The van der Waals surface area contributed by atoms with Gasteiger partial charge in [-0.2, -0.15) is 0 Å². The van der Waals surface area contributed by atoms with Crippen LogP contribution in [0, 0.1) is 0 Å². The van der Waals surface area contributed by atoms with Crippen molar-refractivity contribution in [3.63, 3.8) is 0 Å². The van der Waals surface area contributed by atoms with E-state index in [0.29, 0.717) is 12.1 Å². The number of anilines is 2. The molecule has 2 unspecified atom stereocenters. The second-order valence-corrected chi connectivity index (χ2v) is 5.46. The molecule has 0 spiro atoms. The average molecular weight is 273 g/mol. The van der Waals surface area contributed by atoms with Gasteiger partial charge in [-0.05, 0) is 19.3 Å². The minimum absolute atomic E-state index is 0.360. The van der Waals surface area contributed by atoms with Crippen LogP contribution in [0.25, 0.3) is 5.65 Å². The lowest BCUT2D eigenvalue weighted by Crippen LogP contribution is -2.49. The highest BCUT2D eigenvalue weighted by Crippen LogP contribution is 2.34. The van der Waals surface area contributed by atoms with Gasteiger partial charge >= 0.3 is 0 Å². The van der Waals surface area contributed by atoms with Crippen LogP contribution in [-0.4, -0.2) is 46.7 Å². The van der Waals surface area contributed by atoms with E-state index >= 15 is 0 Å². The Labute approximate surface area is 117 Å². The van der Waals surface area contributed by atoms with Gasteiger partial charge in [0.25, 0.3) is 0 Å². The van der Waals surface area contributed by atoms with Gasteiger partial charge in [-0.1, -0.05) is 0 Å². The van der Waals surface area contributed by atoms with E-state index in [1.807, 2.05) is 30.0 Å². The molecule has 1 N–H and O–H groups in total. The van der Waals surface area contributed by atoms with Gasteiger partial charge in [0.05, 0.1) is 24.9 Å². The molecule has 0 radical (unpaired) electrons. The third-order valence-corrected chi connectivity index (χ3v) is 4.37. The second kappa shape index (κ2) is 4.63. The van der Waals surface area contributed by atoms with E-state index in [9.17, 15) is 0 Å². The molecule has 3 heterocycles. The highest BCUT2D eigenvalue weighted by Gasteiger charge is 2.37. The number of hydrogen-bond acceptors (Lipinski definition) is 5. The third kappa shape index (κ3) is 1.75. The molecule has 1 aliphatic carbocycles. The van der Waals surface area contributed by atoms with Crippen LogP contribution in [0.2, 0.25) is 0 Å². The molecule has 0 amide bonds. The third-order valence-electron chi connectivity index (χ3n) is 4.37. The van der Waals surface area contributed by atoms with Crippen LogP contribution >= 0.6 is 0 Å². The second-order valence-electron chi connectivity index (χ2n) is 5.46. The van der Waals surface area contributed by atoms with E-state index < -0.39 is 0 Å². The minimum Gasteiger partial charge on any atom is -0.374 e. The fourth-order valence-corrected chi connectivity index (χ4v) is 3.42. The summed E-state index contributed by atoms with van der Waals surface area (Å²) < 4.78 is 7.93. The Kier molecular flexibility index (Phi) is 2.77. The van der Waals surface area contributed by atoms with E-state index in [1.165, 1.54) is 12.8 Å². The van der Waals surface area contributed by atoms with Crippen LogP contribution in [0.5, 0.6) is 0 Å². The van der Waals surface area contributed by atoms with Crippen LogP contribution in [0.4, 0.5) is 11.6 Å². The van der Waals surface area contributed by atoms with E-state index in [2.05, 4.69) is 15.2 Å². The molecule has 2 aromatic heterocycles. The number of ether oxygens (including phenoxy) is 1. The summed E-state index contributed by atoms with van der Waals surface area (Å²) >= 11 is 0. The molecule has 6 heteroatoms. The first kappa shape index (κ1) is 12.0. The predicted molar refractivity (Wildman–Crippen MR) is 77.3 cm³/mol. The molecule has 4 rings (SSSR count). The zero-order valence-corrected chi connectivity index (χ0v) is 11.6. The number of morpholine rings is 1. The quantitative estimate of drug-likeness (QED) is 0.899. The molecule has 2 fully saturated rings. The number of hydrogen-bond donors (Lipinski definition) is 1. The first-order valence-corrected chi connectivity index (χ1v) is 7.26. The molecule has 2 aliphatic rings. The van der Waals surface area contributed by atoms with Gasteiger partial charge < -0.3 is 19.4 Å². The van der Waals surface area contributed by atoms with Gasteiger partial charge in [0, 0.05) is 26.0 Å². The maximum atomic E-state index is 5.89. The highest BCUT2D eigenvalue weighted by atomic mass is 16.5. The zero-order valence-electron chi connectivity index (χ0n) is 11.6. The standard InChI is InChI=1S/C14H19N5O/c1-15-12-9-18-6-5-16-13(18)14(17-12)19-7-8-20-11-4-2-3-10(11)19/h5-6,9-11,15H,2-4,7-8H2,1H3. The number of nitrogens with zero attached hydrogens (tertiary/aromatic N) is 4. The molecule has 2 aromatic rings. The van der Waals surface area contributed by atoms with Crippen molar-refractivity contribution in [3.05, 3.63) is 18.6 Å². The number of fused-ring (bicyclic) bond motifs is 2. The van der Waals surface area contributed by atoms with Crippen LogP contribution in [0.3, 0.4) is 0 Å². The zero-order chi connectivity index (χ0) is 13.5. The molecule has 1 saturated carbocycles. The van der Waals surface area contributed by atoms with Crippen molar-refractivity contribution >= 4 is 17.3 Å². The maximum absolute atomic E-state index is 5.89. The predicted octanol–water partition coefficient (Wildman–Crippen LogP) is 1.53. The van der Waals surface area contributed by atoms with Crippen LogP contribution in [0.1, 0.15) is 19.3 Å². The van der Waals surface area contributed by atoms with Crippen molar-refractivity contribution < 1.29 is 4.74 Å². The molecule has 1 aliphatic heterocycles. The van der Waals surface area contributed by atoms with Gasteiger partial charge in [-0.3, -0.25) is 0 Å². The summed E-state index contributed by atoms with van der Waals surface area (Å²) in [5, 5.41) is 3.13. The highest BCUT2D eigenvalue weighted by molar-refractivity contribution is 5.67. The minimum atomic E-state index is 0.360. The molecule has 0 bridgehead atoms. The maximum Gasteiger partial charge on any atom is 0.180 e. The van der Waals surface area contributed by atoms with Gasteiger partial charge in [0.1, 0.15) is 5.82 Å². The molecule has 106 valence electrons. The SMILES string of the molecule is CNc1cn2ccnc2c(N2CCOC3CCCC32)n1. The molecule has 0 aromatic carbocycles. The molecule has 20 heavy (non-hydrogen) atoms. The smallest absolute Gasteiger partial charge is 0.180 e. The molecule has 2 atom stereocenters. The lowest BCUT2D eigenvalue weighted by Gasteiger charge is -2.38. The Balaban J connectivity index is 1.81. The largest absolute Gasteiger partial charge is 0.374 e. The van der Waals surface area contributed by atoms with Crippen molar-refractivity contribution in [3.8, 4) is 0 Å². The number of imidazole rings is 1. The summed E-state index contributed by atoms with van der Waals surface area (Å²) in [7, 11) is 1.90. The Morgan fingerprint density at radius 1 is 1.40 bits per heavy atom. The first-order valence-electron chi connectivity index (χ1n) is 7.26. The van der Waals surface area contributed by atoms with Crippen molar-refractivity contribution in [1.29, 1.82) is 0 Å². The van der Waals surface area contributed by atoms with Gasteiger partial charge in [-0.15, -0.1) is 0 Å². The van der Waals surface area contributed by atoms with E-state index in [-0.39, 0.29) is 0 Å². The van der Waals surface area contributed by atoms with Crippen molar-refractivity contribution in [2.75, 3.05) is 30.4 Å². The molecular weight excluding hydrogens is 254 g/mol. The summed E-state index contributed by atoms with van der Waals surface area (Å²) in [4.78, 5) is 11.6. The summed E-state index contributed by atoms with van der Waals surface area (Å²) in [6.07, 6.45) is 9.71. The number of rotatable bonds is 2. The topological polar surface area (TPSA) is 54.7 Å². The summed E-state index contributed by atoms with van der Waals surface area (Å²) in [5.41, 5.74) is 0.927. The van der Waals surface area contributed by atoms with Crippen molar-refractivity contribution in [1.82, 2.24) is 14.4 Å². The Hall–Kier alpha value is -1.82. The van der Waals surface area contributed by atoms with E-state index in [0.717, 1.165) is 36.9 Å². The first-order chi connectivity index (χ1) is 9.86. The lowest BCUT2D eigenvalue weighted by atomic mass is 10.1. The van der Waals surface area contributed by atoms with E-state index in [4.69, 9.17) is 9.72 Å². The fraction of sp³-hybridized carbons (Fsp3) is 0.571. The monoisotopic (exact) mass is 273 g/mol.